The lowest BCUT2D eigenvalue weighted by atomic mass is 10.1. The molecule has 0 spiro atoms. The van der Waals surface area contributed by atoms with Crippen molar-refractivity contribution in [3.63, 3.8) is 0 Å². The van der Waals surface area contributed by atoms with E-state index in [1.165, 1.54) is 12.4 Å². The van der Waals surface area contributed by atoms with Gasteiger partial charge in [-0.3, -0.25) is 5.10 Å². The minimum atomic E-state index is -4.40. The monoisotopic (exact) mass is 228 g/mol. The molecule has 0 amide bonds. The predicted molar refractivity (Wildman–Crippen MR) is 51.2 cm³/mol. The van der Waals surface area contributed by atoms with Gasteiger partial charge in [-0.1, -0.05) is 0 Å². The number of rotatable bonds is 1. The number of H-pyrrole nitrogens is 1. The normalized spacial score (nSPS) is 11.7. The Morgan fingerprint density at radius 1 is 1.25 bits per heavy atom. The van der Waals surface area contributed by atoms with E-state index in [0.29, 0.717) is 0 Å². The molecule has 0 fully saturated rings. The maximum absolute atomic E-state index is 12.5. The fourth-order valence-corrected chi connectivity index (χ4v) is 1.27. The van der Waals surface area contributed by atoms with Gasteiger partial charge in [0.1, 0.15) is 6.33 Å². The van der Waals surface area contributed by atoms with Crippen molar-refractivity contribution in [2.24, 2.45) is 0 Å². The van der Waals surface area contributed by atoms with Crippen molar-refractivity contribution in [3.8, 4) is 11.4 Å². The minimum Gasteiger partial charge on any atom is -0.398 e. The lowest BCUT2D eigenvalue weighted by molar-refractivity contribution is -0.137. The second-order valence-electron chi connectivity index (χ2n) is 3.13. The van der Waals surface area contributed by atoms with Crippen LogP contribution in [-0.4, -0.2) is 15.2 Å². The molecule has 0 aliphatic heterocycles. The first-order valence-corrected chi connectivity index (χ1v) is 4.31. The molecule has 0 unspecified atom stereocenters. The Morgan fingerprint density at radius 3 is 2.56 bits per heavy atom. The Hall–Kier alpha value is -2.05. The van der Waals surface area contributed by atoms with Gasteiger partial charge in [0.2, 0.25) is 0 Å². The van der Waals surface area contributed by atoms with Crippen LogP contribution in [0, 0.1) is 0 Å². The fourth-order valence-electron chi connectivity index (χ4n) is 1.27. The zero-order valence-electron chi connectivity index (χ0n) is 7.92. The molecular weight excluding hydrogens is 221 g/mol. The third-order valence-electron chi connectivity index (χ3n) is 2.05. The Morgan fingerprint density at radius 2 is 2.00 bits per heavy atom. The van der Waals surface area contributed by atoms with E-state index in [4.69, 9.17) is 5.73 Å². The van der Waals surface area contributed by atoms with Gasteiger partial charge in [0.25, 0.3) is 0 Å². The molecule has 4 nitrogen and oxygen atoms in total. The van der Waals surface area contributed by atoms with Gasteiger partial charge in [-0.2, -0.15) is 18.3 Å². The van der Waals surface area contributed by atoms with Crippen molar-refractivity contribution >= 4 is 5.69 Å². The van der Waals surface area contributed by atoms with Crippen molar-refractivity contribution in [2.75, 3.05) is 5.73 Å². The van der Waals surface area contributed by atoms with Crippen LogP contribution in [0.2, 0.25) is 0 Å². The predicted octanol–water partition coefficient (Wildman–Crippen LogP) is 2.07. The zero-order valence-corrected chi connectivity index (χ0v) is 7.92. The first-order valence-electron chi connectivity index (χ1n) is 4.31. The van der Waals surface area contributed by atoms with Crippen molar-refractivity contribution in [1.29, 1.82) is 0 Å². The molecule has 0 aliphatic rings. The van der Waals surface area contributed by atoms with E-state index in [2.05, 4.69) is 15.2 Å². The van der Waals surface area contributed by atoms with Crippen molar-refractivity contribution in [1.82, 2.24) is 15.2 Å². The Kier molecular flexibility index (Phi) is 2.30. The van der Waals surface area contributed by atoms with E-state index < -0.39 is 11.7 Å². The molecule has 84 valence electrons. The molecule has 1 heterocycles. The van der Waals surface area contributed by atoms with Crippen LogP contribution in [0.5, 0.6) is 0 Å². The van der Waals surface area contributed by atoms with Gasteiger partial charge in [-0.25, -0.2) is 4.98 Å². The van der Waals surface area contributed by atoms with Crippen LogP contribution in [0.4, 0.5) is 18.9 Å². The highest BCUT2D eigenvalue weighted by Gasteiger charge is 2.31. The summed E-state index contributed by atoms with van der Waals surface area (Å²) >= 11 is 0. The highest BCUT2D eigenvalue weighted by molar-refractivity contribution is 5.72. The maximum Gasteiger partial charge on any atom is 0.416 e. The Bertz CT molecular complexity index is 490. The molecular formula is C9H7F3N4. The summed E-state index contributed by atoms with van der Waals surface area (Å²) in [5.74, 6) is 0.212. The summed E-state index contributed by atoms with van der Waals surface area (Å²) in [6.45, 7) is 0. The molecule has 0 aliphatic carbocycles. The van der Waals surface area contributed by atoms with E-state index in [1.54, 1.807) is 0 Å². The van der Waals surface area contributed by atoms with E-state index in [9.17, 15) is 13.2 Å². The number of anilines is 1. The Labute approximate surface area is 88.3 Å². The first kappa shape index (κ1) is 10.5. The van der Waals surface area contributed by atoms with Gasteiger partial charge in [0.15, 0.2) is 5.82 Å². The molecule has 0 saturated carbocycles. The average molecular weight is 228 g/mol. The van der Waals surface area contributed by atoms with E-state index >= 15 is 0 Å². The molecule has 7 heteroatoms. The van der Waals surface area contributed by atoms with E-state index in [1.807, 2.05) is 0 Å². The lowest BCUT2D eigenvalue weighted by Gasteiger charge is -2.09. The van der Waals surface area contributed by atoms with Crippen LogP contribution in [-0.2, 0) is 6.18 Å². The van der Waals surface area contributed by atoms with Gasteiger partial charge >= 0.3 is 6.18 Å². The molecule has 0 saturated heterocycles. The number of hydrogen-bond donors (Lipinski definition) is 2. The average Bonchev–Trinajstić information content (AvgIpc) is 2.69. The zero-order chi connectivity index (χ0) is 11.8. The number of benzene rings is 1. The van der Waals surface area contributed by atoms with Crippen LogP contribution in [0.3, 0.4) is 0 Å². The molecule has 0 radical (unpaired) electrons. The SMILES string of the molecule is Nc1ccc(C(F)(F)F)cc1-c1ncn[nH]1. The number of nitrogens with one attached hydrogen (secondary N) is 1. The Balaban J connectivity index is 2.54. The number of alkyl halides is 3. The molecule has 2 aromatic rings. The van der Waals surface area contributed by atoms with E-state index in [0.717, 1.165) is 12.1 Å². The topological polar surface area (TPSA) is 67.6 Å². The van der Waals surface area contributed by atoms with E-state index in [-0.39, 0.29) is 17.1 Å². The third kappa shape index (κ3) is 1.83. The largest absolute Gasteiger partial charge is 0.416 e. The first-order chi connectivity index (χ1) is 7.48. The van der Waals surface area contributed by atoms with Crippen LogP contribution in [0.15, 0.2) is 24.5 Å². The van der Waals surface area contributed by atoms with Gasteiger partial charge in [-0.15, -0.1) is 0 Å². The number of nitrogens with zero attached hydrogens (tertiary/aromatic N) is 2. The van der Waals surface area contributed by atoms with Crippen molar-refractivity contribution in [3.05, 3.63) is 30.1 Å². The highest BCUT2D eigenvalue weighted by atomic mass is 19.4. The number of hydrogen-bond acceptors (Lipinski definition) is 3. The number of aromatic amines is 1. The van der Waals surface area contributed by atoms with Crippen LogP contribution in [0.25, 0.3) is 11.4 Å². The number of aromatic nitrogens is 3. The second-order valence-corrected chi connectivity index (χ2v) is 3.13. The number of nitrogen functional groups attached to an aromatic ring is 1. The molecule has 0 bridgehead atoms. The summed E-state index contributed by atoms with van der Waals surface area (Å²) in [5, 5.41) is 6.02. The lowest BCUT2D eigenvalue weighted by Crippen LogP contribution is -2.06. The van der Waals surface area contributed by atoms with Gasteiger partial charge in [0.05, 0.1) is 5.56 Å². The van der Waals surface area contributed by atoms with Gasteiger partial charge in [-0.05, 0) is 18.2 Å². The van der Waals surface area contributed by atoms with Crippen LogP contribution >= 0.6 is 0 Å². The molecule has 1 aromatic heterocycles. The maximum atomic E-state index is 12.5. The molecule has 3 N–H and O–H groups in total. The molecule has 16 heavy (non-hydrogen) atoms. The molecule has 0 atom stereocenters. The number of nitrogens with two attached hydrogens (primary N) is 1. The summed E-state index contributed by atoms with van der Waals surface area (Å²) in [7, 11) is 0. The summed E-state index contributed by atoms with van der Waals surface area (Å²) in [6.07, 6.45) is -3.20. The van der Waals surface area contributed by atoms with Crippen LogP contribution < -0.4 is 5.73 Å². The van der Waals surface area contributed by atoms with Crippen molar-refractivity contribution in [2.45, 2.75) is 6.18 Å². The smallest absolute Gasteiger partial charge is 0.398 e. The van der Waals surface area contributed by atoms with Gasteiger partial charge < -0.3 is 5.73 Å². The summed E-state index contributed by atoms with van der Waals surface area (Å²) in [5.41, 5.74) is 5.20. The third-order valence-corrected chi connectivity index (χ3v) is 2.05. The molecule has 2 rings (SSSR count). The summed E-state index contributed by atoms with van der Waals surface area (Å²) < 4.78 is 37.4. The van der Waals surface area contributed by atoms with Crippen molar-refractivity contribution < 1.29 is 13.2 Å². The summed E-state index contributed by atoms with van der Waals surface area (Å²) in [4.78, 5) is 3.76. The molecule has 1 aromatic carbocycles. The fraction of sp³-hybridized carbons (Fsp3) is 0.111. The standard InChI is InChI=1S/C9H7F3N4/c10-9(11,12)5-1-2-7(13)6(3-5)8-14-4-15-16-8/h1-4H,13H2,(H,14,15,16). The number of halogens is 3. The van der Waals surface area contributed by atoms with Gasteiger partial charge in [0, 0.05) is 11.3 Å². The van der Waals surface area contributed by atoms with Crippen LogP contribution in [0.1, 0.15) is 5.56 Å². The summed E-state index contributed by atoms with van der Waals surface area (Å²) in [6, 6.07) is 3.06. The second kappa shape index (κ2) is 3.51. The quantitative estimate of drug-likeness (QED) is 0.734. The highest BCUT2D eigenvalue weighted by Crippen LogP contribution is 2.33. The minimum absolute atomic E-state index is 0.187.